The molecule has 0 saturated heterocycles. The van der Waals surface area contributed by atoms with E-state index in [1.165, 1.54) is 30.3 Å². The van der Waals surface area contributed by atoms with Crippen LogP contribution in [0, 0.1) is 17.6 Å². The lowest BCUT2D eigenvalue weighted by Crippen LogP contribution is -2.17. The van der Waals surface area contributed by atoms with Gasteiger partial charge in [-0.15, -0.1) is 23.2 Å². The smallest absolute Gasteiger partial charge is 0.231 e. The van der Waals surface area contributed by atoms with Gasteiger partial charge in [0.15, 0.2) is 5.78 Å². The van der Waals surface area contributed by atoms with Crippen molar-refractivity contribution in [3.63, 3.8) is 0 Å². The Morgan fingerprint density at radius 1 is 0.902 bits per heavy atom. The monoisotopic (exact) mass is 679 g/mol. The van der Waals surface area contributed by atoms with Crippen molar-refractivity contribution in [3.05, 3.63) is 96.4 Å². The second kappa shape index (κ2) is 12.7. The summed E-state index contributed by atoms with van der Waals surface area (Å²) in [5.74, 6) is -4.75. The maximum absolute atomic E-state index is 15.1. The number of amides is 1. The van der Waals surface area contributed by atoms with Crippen molar-refractivity contribution in [1.82, 2.24) is 0 Å². The highest BCUT2D eigenvalue weighted by molar-refractivity contribution is 6.54. The van der Waals surface area contributed by atoms with Gasteiger partial charge < -0.3 is 5.32 Å². The van der Waals surface area contributed by atoms with Gasteiger partial charge in [-0.05, 0) is 53.9 Å². The van der Waals surface area contributed by atoms with E-state index in [-0.39, 0.29) is 54.7 Å². The number of carbonyl (C=O) groups is 3. The molecule has 2 atom stereocenters. The molecule has 0 aliphatic heterocycles. The Labute approximate surface area is 265 Å². The summed E-state index contributed by atoms with van der Waals surface area (Å²) in [5, 5.41) is 3.26. The lowest BCUT2D eigenvalue weighted by Gasteiger charge is -2.11. The van der Waals surface area contributed by atoms with E-state index in [2.05, 4.69) is 5.32 Å². The second-order valence-electron chi connectivity index (χ2n) is 9.68. The highest BCUT2D eigenvalue weighted by atomic mass is 35.5. The van der Waals surface area contributed by atoms with Gasteiger partial charge in [0.05, 0.1) is 26.0 Å². The summed E-state index contributed by atoms with van der Waals surface area (Å²) in [6.07, 6.45) is -0.121. The number of carbonyl (C=O) groups excluding carboxylic acids is 3. The van der Waals surface area contributed by atoms with Crippen molar-refractivity contribution in [2.75, 3.05) is 5.32 Å². The number of ketones is 2. The summed E-state index contributed by atoms with van der Waals surface area (Å²) in [6, 6.07) is 9.46. The SMILES string of the molecule is CCCC(=O)Cc1c(F)ccc(CC(=O)c2cc(NC(=O)[C@H]3[C@H](c4cc(Cl)c(Cl)c(Cl)c4)C3(Cl)Cl)ccc2Cl)c1F. The molecule has 1 amide bonds. The summed E-state index contributed by atoms with van der Waals surface area (Å²) in [6.45, 7) is 1.79. The third-order valence-electron chi connectivity index (χ3n) is 6.76. The summed E-state index contributed by atoms with van der Waals surface area (Å²) in [7, 11) is 0. The molecule has 1 aliphatic rings. The summed E-state index contributed by atoms with van der Waals surface area (Å²) >= 11 is 37.3. The maximum atomic E-state index is 15.1. The quantitative estimate of drug-likeness (QED) is 0.132. The van der Waals surface area contributed by atoms with E-state index in [9.17, 15) is 18.8 Å². The highest BCUT2D eigenvalue weighted by Crippen LogP contribution is 2.65. The number of halogens is 8. The van der Waals surface area contributed by atoms with Gasteiger partial charge in [-0.1, -0.05) is 59.4 Å². The molecule has 1 fully saturated rings. The lowest BCUT2D eigenvalue weighted by molar-refractivity contribution is -0.119. The molecule has 1 saturated carbocycles. The van der Waals surface area contributed by atoms with Crippen LogP contribution in [-0.2, 0) is 22.4 Å². The van der Waals surface area contributed by atoms with Crippen LogP contribution in [0.2, 0.25) is 20.1 Å². The first-order valence-corrected chi connectivity index (χ1v) is 14.7. The van der Waals surface area contributed by atoms with Crippen LogP contribution >= 0.6 is 69.6 Å². The first-order valence-electron chi connectivity index (χ1n) is 12.4. The number of rotatable bonds is 10. The minimum atomic E-state index is -1.45. The normalized spacial score (nSPS) is 17.3. The van der Waals surface area contributed by atoms with E-state index in [0.717, 1.165) is 12.1 Å². The highest BCUT2D eigenvalue weighted by Gasteiger charge is 2.67. The maximum Gasteiger partial charge on any atom is 0.231 e. The molecule has 3 aromatic carbocycles. The second-order valence-corrected chi connectivity index (χ2v) is 12.7. The zero-order valence-corrected chi connectivity index (χ0v) is 25.8. The van der Waals surface area contributed by atoms with Gasteiger partial charge in [-0.3, -0.25) is 14.4 Å². The number of anilines is 1. The Balaban J connectivity index is 1.52. The minimum absolute atomic E-state index is 0.00317. The third-order valence-corrected chi connectivity index (χ3v) is 9.22. The predicted octanol–water partition coefficient (Wildman–Crippen LogP) is 9.44. The number of hydrogen-bond acceptors (Lipinski definition) is 3. The molecule has 0 aromatic heterocycles. The van der Waals surface area contributed by atoms with E-state index in [1.807, 2.05) is 0 Å². The molecule has 41 heavy (non-hydrogen) atoms. The molecule has 0 bridgehead atoms. The number of benzene rings is 3. The van der Waals surface area contributed by atoms with Crippen LogP contribution in [0.4, 0.5) is 14.5 Å². The molecule has 12 heteroatoms. The fraction of sp³-hybridized carbons (Fsp3) is 0.276. The van der Waals surface area contributed by atoms with E-state index < -0.39 is 52.3 Å². The Morgan fingerprint density at radius 3 is 2.20 bits per heavy atom. The van der Waals surface area contributed by atoms with Gasteiger partial charge in [0.25, 0.3) is 0 Å². The van der Waals surface area contributed by atoms with Gasteiger partial charge >= 0.3 is 0 Å². The van der Waals surface area contributed by atoms with Crippen molar-refractivity contribution < 1.29 is 23.2 Å². The van der Waals surface area contributed by atoms with Crippen LogP contribution in [0.15, 0.2) is 42.5 Å². The van der Waals surface area contributed by atoms with Crippen LogP contribution < -0.4 is 5.32 Å². The fourth-order valence-corrected chi connectivity index (χ4v) is 6.30. The van der Waals surface area contributed by atoms with Crippen LogP contribution in [0.25, 0.3) is 0 Å². The van der Waals surface area contributed by atoms with Crippen LogP contribution in [-0.4, -0.2) is 21.8 Å². The Morgan fingerprint density at radius 2 is 1.56 bits per heavy atom. The molecule has 0 heterocycles. The summed E-state index contributed by atoms with van der Waals surface area (Å²) in [4.78, 5) is 38.2. The molecule has 3 aromatic rings. The molecule has 0 radical (unpaired) electrons. The molecule has 0 spiro atoms. The fourth-order valence-electron chi connectivity index (χ4n) is 4.64. The predicted molar refractivity (Wildman–Crippen MR) is 160 cm³/mol. The Hall–Kier alpha value is -1.93. The average molecular weight is 682 g/mol. The Kier molecular flexibility index (Phi) is 9.94. The summed E-state index contributed by atoms with van der Waals surface area (Å²) in [5.41, 5.74) is 0.280. The van der Waals surface area contributed by atoms with Crippen LogP contribution in [0.5, 0.6) is 0 Å². The van der Waals surface area contributed by atoms with Gasteiger partial charge in [0.2, 0.25) is 5.91 Å². The third kappa shape index (κ3) is 6.84. The summed E-state index contributed by atoms with van der Waals surface area (Å²) < 4.78 is 27.9. The van der Waals surface area contributed by atoms with Crippen molar-refractivity contribution in [2.45, 2.75) is 42.9 Å². The largest absolute Gasteiger partial charge is 0.326 e. The Bertz CT molecular complexity index is 1540. The molecule has 4 nitrogen and oxygen atoms in total. The van der Waals surface area contributed by atoms with Crippen LogP contribution in [0.3, 0.4) is 0 Å². The number of nitrogens with one attached hydrogen (secondary N) is 1. The molecular formula is C29H21Cl6F2NO3. The number of hydrogen-bond donors (Lipinski definition) is 1. The zero-order valence-electron chi connectivity index (χ0n) is 21.3. The molecule has 1 aliphatic carbocycles. The number of Topliss-reactive ketones (excluding diaryl/α,β-unsaturated/α-hetero) is 2. The van der Waals surface area contributed by atoms with Gasteiger partial charge in [0, 0.05) is 42.0 Å². The standard InChI is InChI=1S/C29H21Cl6F2NO3/c1-2-3-16(39)12-18-22(36)7-4-13(27(18)37)10-23(40)17-11-15(5-6-19(17)30)38-28(41)25-24(29(25,34)35)14-8-20(31)26(33)21(32)9-14/h4-9,11,24-25H,2-3,10,12H2,1H3,(H,38,41)/t24-,25+/m0/s1. The van der Waals surface area contributed by atoms with Crippen molar-refractivity contribution in [2.24, 2.45) is 5.92 Å². The molecular weight excluding hydrogens is 661 g/mol. The topological polar surface area (TPSA) is 63.2 Å². The lowest BCUT2D eigenvalue weighted by atomic mass is 9.97. The van der Waals surface area contributed by atoms with E-state index in [1.54, 1.807) is 6.92 Å². The van der Waals surface area contributed by atoms with Gasteiger partial charge in [-0.2, -0.15) is 0 Å². The van der Waals surface area contributed by atoms with E-state index in [4.69, 9.17) is 69.6 Å². The molecule has 4 rings (SSSR count). The molecule has 0 unspecified atom stereocenters. The number of alkyl halides is 2. The van der Waals surface area contributed by atoms with Crippen molar-refractivity contribution in [3.8, 4) is 0 Å². The van der Waals surface area contributed by atoms with Crippen molar-refractivity contribution in [1.29, 1.82) is 0 Å². The van der Waals surface area contributed by atoms with E-state index in [0.29, 0.717) is 12.0 Å². The zero-order chi connectivity index (χ0) is 30.2. The van der Waals surface area contributed by atoms with Crippen molar-refractivity contribution >= 4 is 92.8 Å². The van der Waals surface area contributed by atoms with E-state index >= 15 is 4.39 Å². The molecule has 1 N–H and O–H groups in total. The molecule has 216 valence electrons. The average Bonchev–Trinajstić information content (AvgIpc) is 3.49. The van der Waals surface area contributed by atoms with Gasteiger partial charge in [0.1, 0.15) is 21.8 Å². The first kappa shape index (κ1) is 32.0. The first-order chi connectivity index (χ1) is 19.3. The van der Waals surface area contributed by atoms with Crippen LogP contribution in [0.1, 0.15) is 52.7 Å². The van der Waals surface area contributed by atoms with Gasteiger partial charge in [-0.25, -0.2) is 8.78 Å². The minimum Gasteiger partial charge on any atom is -0.326 e.